The van der Waals surface area contributed by atoms with Gasteiger partial charge in [-0.15, -0.1) is 0 Å². The molecule has 0 radical (unpaired) electrons. The van der Waals surface area contributed by atoms with E-state index in [1.807, 2.05) is 19.2 Å². The summed E-state index contributed by atoms with van der Waals surface area (Å²) in [5.41, 5.74) is 5.15. The molecule has 0 unspecified atom stereocenters. The predicted octanol–water partition coefficient (Wildman–Crippen LogP) is 3.26. The van der Waals surface area contributed by atoms with E-state index in [0.717, 1.165) is 41.1 Å². The van der Waals surface area contributed by atoms with Crippen molar-refractivity contribution in [1.82, 2.24) is 34.5 Å². The molecule has 0 saturated heterocycles. The third-order valence-electron chi connectivity index (χ3n) is 4.93. The van der Waals surface area contributed by atoms with E-state index in [4.69, 9.17) is 4.98 Å². The van der Waals surface area contributed by atoms with E-state index in [-0.39, 0.29) is 0 Å². The number of hydrogen-bond donors (Lipinski definition) is 1. The summed E-state index contributed by atoms with van der Waals surface area (Å²) < 4.78 is 3.84. The minimum Gasteiger partial charge on any atom is -0.365 e. The smallest absolute Gasteiger partial charge is 0.164 e. The molecule has 4 aromatic rings. The van der Waals surface area contributed by atoms with Crippen molar-refractivity contribution in [2.24, 2.45) is 7.05 Å². The standard InChI is InChI=1S/C20H24N8/c1-5-10-28-14(3)16(13(2)26-28)11-22-19-17-12-23-27(4)20(17)25-18(24-19)15-6-8-21-9-7-15/h6-9,12H,5,10-11H2,1-4H3,(H,22,24,25). The number of pyridine rings is 1. The number of nitrogens with zero attached hydrogens (tertiary/aromatic N) is 7. The molecule has 4 aromatic heterocycles. The van der Waals surface area contributed by atoms with Crippen LogP contribution in [0.25, 0.3) is 22.4 Å². The van der Waals surface area contributed by atoms with Crippen LogP contribution in [0.5, 0.6) is 0 Å². The number of rotatable bonds is 6. The number of aryl methyl sites for hydroxylation is 3. The van der Waals surface area contributed by atoms with Gasteiger partial charge in [-0.05, 0) is 32.4 Å². The molecule has 8 nitrogen and oxygen atoms in total. The van der Waals surface area contributed by atoms with Gasteiger partial charge in [0.15, 0.2) is 11.5 Å². The maximum Gasteiger partial charge on any atom is 0.164 e. The largest absolute Gasteiger partial charge is 0.365 e. The average molecular weight is 376 g/mol. The Morgan fingerprint density at radius 3 is 2.64 bits per heavy atom. The van der Waals surface area contributed by atoms with Gasteiger partial charge in [-0.3, -0.25) is 14.3 Å². The van der Waals surface area contributed by atoms with Gasteiger partial charge in [0.05, 0.1) is 17.3 Å². The number of hydrogen-bond acceptors (Lipinski definition) is 6. The summed E-state index contributed by atoms with van der Waals surface area (Å²) in [6, 6.07) is 3.81. The second-order valence-electron chi connectivity index (χ2n) is 6.86. The summed E-state index contributed by atoms with van der Waals surface area (Å²) in [4.78, 5) is 13.5. The summed E-state index contributed by atoms with van der Waals surface area (Å²) in [7, 11) is 1.89. The highest BCUT2D eigenvalue weighted by molar-refractivity contribution is 5.88. The lowest BCUT2D eigenvalue weighted by Crippen LogP contribution is -2.07. The molecule has 0 fully saturated rings. The first-order chi connectivity index (χ1) is 13.6. The normalized spacial score (nSPS) is 11.3. The van der Waals surface area contributed by atoms with Crippen molar-refractivity contribution in [3.63, 3.8) is 0 Å². The Kier molecular flexibility index (Phi) is 4.77. The first-order valence-electron chi connectivity index (χ1n) is 9.45. The fourth-order valence-corrected chi connectivity index (χ4v) is 3.38. The topological polar surface area (TPSA) is 86.3 Å². The molecule has 4 heterocycles. The van der Waals surface area contributed by atoms with E-state index in [2.05, 4.69) is 50.9 Å². The fraction of sp³-hybridized carbons (Fsp3) is 0.350. The van der Waals surface area contributed by atoms with Crippen LogP contribution >= 0.6 is 0 Å². The molecule has 4 rings (SSSR count). The van der Waals surface area contributed by atoms with Crippen LogP contribution in [-0.2, 0) is 20.1 Å². The van der Waals surface area contributed by atoms with Crippen LogP contribution in [0.1, 0.15) is 30.3 Å². The molecule has 8 heteroatoms. The van der Waals surface area contributed by atoms with Crippen molar-refractivity contribution in [2.45, 2.75) is 40.3 Å². The van der Waals surface area contributed by atoms with Gasteiger partial charge in [0.2, 0.25) is 0 Å². The summed E-state index contributed by atoms with van der Waals surface area (Å²) in [6.45, 7) is 7.92. The van der Waals surface area contributed by atoms with Crippen molar-refractivity contribution >= 4 is 16.9 Å². The first-order valence-corrected chi connectivity index (χ1v) is 9.45. The van der Waals surface area contributed by atoms with E-state index in [1.54, 1.807) is 23.3 Å². The van der Waals surface area contributed by atoms with Gasteiger partial charge in [0, 0.05) is 49.4 Å². The first kappa shape index (κ1) is 18.1. The van der Waals surface area contributed by atoms with Crippen molar-refractivity contribution < 1.29 is 0 Å². The molecule has 0 aliphatic rings. The molecule has 0 bridgehead atoms. The van der Waals surface area contributed by atoms with Gasteiger partial charge in [-0.1, -0.05) is 6.92 Å². The van der Waals surface area contributed by atoms with Crippen LogP contribution in [0, 0.1) is 13.8 Å². The molecule has 1 N–H and O–H groups in total. The Morgan fingerprint density at radius 2 is 1.89 bits per heavy atom. The van der Waals surface area contributed by atoms with Gasteiger partial charge < -0.3 is 5.32 Å². The van der Waals surface area contributed by atoms with Crippen LogP contribution < -0.4 is 5.32 Å². The van der Waals surface area contributed by atoms with Crippen molar-refractivity contribution in [2.75, 3.05) is 5.32 Å². The van der Waals surface area contributed by atoms with Crippen LogP contribution in [-0.4, -0.2) is 34.5 Å². The van der Waals surface area contributed by atoms with Crippen molar-refractivity contribution in [3.8, 4) is 11.4 Å². The average Bonchev–Trinajstić information content (AvgIpc) is 3.21. The summed E-state index contributed by atoms with van der Waals surface area (Å²) in [5.74, 6) is 1.42. The van der Waals surface area contributed by atoms with E-state index in [0.29, 0.717) is 12.4 Å². The van der Waals surface area contributed by atoms with Crippen LogP contribution in [0.3, 0.4) is 0 Å². The monoisotopic (exact) mass is 376 g/mol. The molecule has 144 valence electrons. The Bertz CT molecular complexity index is 1110. The van der Waals surface area contributed by atoms with Crippen LogP contribution in [0.2, 0.25) is 0 Å². The van der Waals surface area contributed by atoms with Gasteiger partial charge in [0.25, 0.3) is 0 Å². The van der Waals surface area contributed by atoms with Crippen LogP contribution in [0.15, 0.2) is 30.7 Å². The molecular formula is C20H24N8. The molecule has 0 spiro atoms. The maximum absolute atomic E-state index is 4.77. The third-order valence-corrected chi connectivity index (χ3v) is 4.93. The highest BCUT2D eigenvalue weighted by Crippen LogP contribution is 2.25. The van der Waals surface area contributed by atoms with Gasteiger partial charge in [-0.2, -0.15) is 10.2 Å². The van der Waals surface area contributed by atoms with E-state index >= 15 is 0 Å². The highest BCUT2D eigenvalue weighted by atomic mass is 15.3. The molecule has 0 atom stereocenters. The molecule has 28 heavy (non-hydrogen) atoms. The lowest BCUT2D eigenvalue weighted by atomic mass is 10.2. The second kappa shape index (κ2) is 7.38. The van der Waals surface area contributed by atoms with Gasteiger partial charge in [0.1, 0.15) is 5.82 Å². The second-order valence-corrected chi connectivity index (χ2v) is 6.86. The van der Waals surface area contributed by atoms with E-state index in [1.165, 1.54) is 11.3 Å². The van der Waals surface area contributed by atoms with Gasteiger partial charge in [-0.25, -0.2) is 9.97 Å². The number of fused-ring (bicyclic) bond motifs is 1. The lowest BCUT2D eigenvalue weighted by molar-refractivity contribution is 0.582. The minimum atomic E-state index is 0.649. The van der Waals surface area contributed by atoms with Gasteiger partial charge >= 0.3 is 0 Å². The summed E-state index contributed by atoms with van der Waals surface area (Å²) in [5, 5.41) is 13.4. The van der Waals surface area contributed by atoms with Crippen molar-refractivity contribution in [3.05, 3.63) is 47.7 Å². The predicted molar refractivity (Wildman–Crippen MR) is 109 cm³/mol. The molecule has 0 aromatic carbocycles. The highest BCUT2D eigenvalue weighted by Gasteiger charge is 2.15. The Balaban J connectivity index is 1.71. The van der Waals surface area contributed by atoms with Crippen LogP contribution in [0.4, 0.5) is 5.82 Å². The summed E-state index contributed by atoms with van der Waals surface area (Å²) >= 11 is 0. The fourth-order valence-electron chi connectivity index (χ4n) is 3.38. The molecule has 0 amide bonds. The lowest BCUT2D eigenvalue weighted by Gasteiger charge is -2.10. The maximum atomic E-state index is 4.77. The van der Waals surface area contributed by atoms with E-state index < -0.39 is 0 Å². The third kappa shape index (κ3) is 3.21. The Labute approximate surface area is 163 Å². The van der Waals surface area contributed by atoms with E-state index in [9.17, 15) is 0 Å². The quantitative estimate of drug-likeness (QED) is 0.556. The molecule has 0 saturated carbocycles. The molecular weight excluding hydrogens is 352 g/mol. The molecule has 0 aliphatic carbocycles. The SMILES string of the molecule is CCCn1nc(C)c(CNc2nc(-c3ccncc3)nc3c2cnn3C)c1C. The number of aromatic nitrogens is 7. The minimum absolute atomic E-state index is 0.649. The zero-order valence-electron chi connectivity index (χ0n) is 16.6. The Hall–Kier alpha value is -3.29. The zero-order chi connectivity index (χ0) is 19.7. The molecule has 0 aliphatic heterocycles. The van der Waals surface area contributed by atoms with Crippen molar-refractivity contribution in [1.29, 1.82) is 0 Å². The zero-order valence-corrected chi connectivity index (χ0v) is 16.6. The summed E-state index contributed by atoms with van der Waals surface area (Å²) in [6.07, 6.45) is 6.35. The Morgan fingerprint density at radius 1 is 1.11 bits per heavy atom. The number of nitrogens with one attached hydrogen (secondary N) is 1. The number of anilines is 1.